The molecule has 1 N–H and O–H groups in total. The second-order valence-electron chi connectivity index (χ2n) is 7.83. The predicted molar refractivity (Wildman–Crippen MR) is 122 cm³/mol. The van der Waals surface area contributed by atoms with E-state index in [1.54, 1.807) is 6.07 Å². The fourth-order valence-electron chi connectivity index (χ4n) is 3.93. The summed E-state index contributed by atoms with van der Waals surface area (Å²) >= 11 is 3.17. The number of ether oxygens (including phenoxy) is 3. The molecule has 0 aliphatic carbocycles. The number of amides is 1. The lowest BCUT2D eigenvalue weighted by Gasteiger charge is -2.25. The van der Waals surface area contributed by atoms with Gasteiger partial charge < -0.3 is 24.2 Å². The Morgan fingerprint density at radius 2 is 1.94 bits per heavy atom. The number of phenolic OH excluding ortho intramolecular Hbond substituents is 1. The average molecular weight is 582 g/mol. The summed E-state index contributed by atoms with van der Waals surface area (Å²) in [6, 6.07) is 5.39. The van der Waals surface area contributed by atoms with Crippen molar-refractivity contribution in [2.24, 2.45) is 0 Å². The van der Waals surface area contributed by atoms with Crippen LogP contribution >= 0.6 is 15.9 Å². The van der Waals surface area contributed by atoms with E-state index in [2.05, 4.69) is 20.7 Å². The summed E-state index contributed by atoms with van der Waals surface area (Å²) in [4.78, 5) is 14.3. The Bertz CT molecular complexity index is 1200. The van der Waals surface area contributed by atoms with Crippen LogP contribution in [0.15, 0.2) is 39.7 Å². The second-order valence-corrected chi connectivity index (χ2v) is 10.7. The Morgan fingerprint density at radius 3 is 2.57 bits per heavy atom. The molecule has 1 heterocycles. The molecule has 0 radical (unpaired) electrons. The Hall–Kier alpha value is -2.51. The third-order valence-electron chi connectivity index (χ3n) is 5.43. The van der Waals surface area contributed by atoms with Crippen LogP contribution in [0.4, 0.5) is 13.2 Å². The van der Waals surface area contributed by atoms with Crippen LogP contribution in [-0.2, 0) is 20.3 Å². The number of halogens is 4. The molecule has 1 atom stereocenters. The van der Waals surface area contributed by atoms with Gasteiger partial charge in [0.2, 0.25) is 0 Å². The van der Waals surface area contributed by atoms with Gasteiger partial charge >= 0.3 is 6.36 Å². The van der Waals surface area contributed by atoms with E-state index in [4.69, 9.17) is 9.47 Å². The average Bonchev–Trinajstić information content (AvgIpc) is 3.22. The minimum Gasteiger partial charge on any atom is -0.507 e. The highest BCUT2D eigenvalue weighted by Gasteiger charge is 2.35. The molecule has 13 heteroatoms. The molecule has 192 valence electrons. The van der Waals surface area contributed by atoms with Gasteiger partial charge in [-0.3, -0.25) is 4.79 Å². The zero-order valence-electron chi connectivity index (χ0n) is 18.8. The van der Waals surface area contributed by atoms with E-state index in [0.29, 0.717) is 23.9 Å². The maximum absolute atomic E-state index is 13.2. The largest absolute Gasteiger partial charge is 0.573 e. The first-order valence-electron chi connectivity index (χ1n) is 10.3. The summed E-state index contributed by atoms with van der Waals surface area (Å²) in [5.41, 5.74) is -0.930. The van der Waals surface area contributed by atoms with Gasteiger partial charge in [-0.1, -0.05) is 15.9 Å². The number of phenols is 1. The lowest BCUT2D eigenvalue weighted by molar-refractivity contribution is -0.274. The van der Waals surface area contributed by atoms with Crippen LogP contribution in [0.3, 0.4) is 0 Å². The topological polar surface area (TPSA) is 102 Å². The summed E-state index contributed by atoms with van der Waals surface area (Å²) in [7, 11) is -1.52. The number of carbonyl (C=O) groups is 1. The molecule has 1 fully saturated rings. The molecule has 2 aromatic rings. The van der Waals surface area contributed by atoms with Crippen molar-refractivity contribution in [1.82, 2.24) is 4.90 Å². The van der Waals surface area contributed by atoms with Gasteiger partial charge in [-0.05, 0) is 43.2 Å². The van der Waals surface area contributed by atoms with Crippen LogP contribution < -0.4 is 9.47 Å². The van der Waals surface area contributed by atoms with Gasteiger partial charge in [0, 0.05) is 23.7 Å². The van der Waals surface area contributed by atoms with Gasteiger partial charge in [-0.25, -0.2) is 8.42 Å². The molecule has 3 rings (SSSR count). The van der Waals surface area contributed by atoms with Crippen LogP contribution in [-0.4, -0.2) is 64.1 Å². The summed E-state index contributed by atoms with van der Waals surface area (Å²) < 4.78 is 79.9. The molecule has 2 aromatic carbocycles. The highest BCUT2D eigenvalue weighted by molar-refractivity contribution is 9.10. The molecule has 8 nitrogen and oxygen atoms in total. The van der Waals surface area contributed by atoms with E-state index in [-0.39, 0.29) is 23.3 Å². The normalized spacial score (nSPS) is 16.4. The van der Waals surface area contributed by atoms with Crippen molar-refractivity contribution in [3.8, 4) is 17.2 Å². The molecule has 0 spiro atoms. The molecule has 0 saturated carbocycles. The Kier molecular flexibility index (Phi) is 8.22. The zero-order chi connectivity index (χ0) is 26.0. The Morgan fingerprint density at radius 1 is 1.23 bits per heavy atom. The van der Waals surface area contributed by atoms with Crippen LogP contribution in [0.5, 0.6) is 17.2 Å². The number of benzene rings is 2. The van der Waals surface area contributed by atoms with Gasteiger partial charge in [0.15, 0.2) is 9.84 Å². The lowest BCUT2D eigenvalue weighted by Crippen LogP contribution is -2.38. The number of alkyl halides is 3. The zero-order valence-corrected chi connectivity index (χ0v) is 21.2. The monoisotopic (exact) mass is 581 g/mol. The first kappa shape index (κ1) is 27.1. The summed E-state index contributed by atoms with van der Waals surface area (Å²) in [6.07, 6.45) is -3.85. The van der Waals surface area contributed by atoms with Crippen molar-refractivity contribution in [3.63, 3.8) is 0 Å². The molecule has 0 aromatic heterocycles. The summed E-state index contributed by atoms with van der Waals surface area (Å²) in [5, 5.41) is 10.8. The number of methoxy groups -OCH3 is 2. The molecule has 1 saturated heterocycles. The van der Waals surface area contributed by atoms with Crippen molar-refractivity contribution in [2.45, 2.75) is 35.9 Å². The fourth-order valence-corrected chi connectivity index (χ4v) is 5.99. The SMILES string of the molecule is COC[C@H]1CCCN1C(=O)c1cc(OC(F)(F)F)cc(CS(=O)(=O)c2cc(Br)ccc2OC)c1O. The van der Waals surface area contributed by atoms with Crippen molar-refractivity contribution in [3.05, 3.63) is 45.9 Å². The third kappa shape index (κ3) is 6.39. The lowest BCUT2D eigenvalue weighted by atomic mass is 10.1. The van der Waals surface area contributed by atoms with E-state index in [9.17, 15) is 31.5 Å². The summed E-state index contributed by atoms with van der Waals surface area (Å²) in [5.74, 6) is -3.24. The molecule has 0 bridgehead atoms. The summed E-state index contributed by atoms with van der Waals surface area (Å²) in [6.45, 7) is 0.509. The second kappa shape index (κ2) is 10.6. The van der Waals surface area contributed by atoms with Crippen molar-refractivity contribution < 1.29 is 45.7 Å². The van der Waals surface area contributed by atoms with Crippen LogP contribution in [0.25, 0.3) is 0 Å². The minimum absolute atomic E-state index is 0.00570. The number of likely N-dealkylation sites (tertiary alicyclic amines) is 1. The number of nitrogens with zero attached hydrogens (tertiary/aromatic N) is 1. The van der Waals surface area contributed by atoms with Crippen molar-refractivity contribution >= 4 is 31.7 Å². The van der Waals surface area contributed by atoms with Crippen molar-refractivity contribution in [1.29, 1.82) is 0 Å². The fraction of sp³-hybridized carbons (Fsp3) is 0.409. The third-order valence-corrected chi connectivity index (χ3v) is 7.60. The number of rotatable bonds is 8. The van der Waals surface area contributed by atoms with Gasteiger partial charge in [-0.15, -0.1) is 13.2 Å². The van der Waals surface area contributed by atoms with Gasteiger partial charge in [0.05, 0.1) is 31.1 Å². The van der Waals surface area contributed by atoms with E-state index in [0.717, 1.165) is 12.1 Å². The van der Waals surface area contributed by atoms with E-state index < -0.39 is 50.5 Å². The van der Waals surface area contributed by atoms with Crippen LogP contribution in [0.1, 0.15) is 28.8 Å². The molecular weight excluding hydrogens is 559 g/mol. The number of sulfone groups is 1. The van der Waals surface area contributed by atoms with Crippen molar-refractivity contribution in [2.75, 3.05) is 27.4 Å². The molecule has 1 amide bonds. The number of hydrogen-bond donors (Lipinski definition) is 1. The molecular formula is C22H23BrF3NO7S. The quantitative estimate of drug-likeness (QED) is 0.496. The first-order chi connectivity index (χ1) is 16.4. The maximum atomic E-state index is 13.2. The number of carbonyl (C=O) groups excluding carboxylic acids is 1. The molecule has 35 heavy (non-hydrogen) atoms. The molecule has 1 aliphatic heterocycles. The first-order valence-corrected chi connectivity index (χ1v) is 12.8. The standard InChI is InChI=1S/C22H23BrF3NO7S/c1-32-11-15-4-3-7-27(15)21(29)17-10-16(34-22(24,25)26)8-13(20(17)28)12-35(30,31)19-9-14(23)5-6-18(19)33-2/h5-6,8-10,15,28H,3-4,7,11-12H2,1-2H3/t15-/m1/s1. The Balaban J connectivity index is 2.08. The molecule has 0 unspecified atom stereocenters. The Labute approximate surface area is 208 Å². The van der Waals surface area contributed by atoms with Crippen LogP contribution in [0.2, 0.25) is 0 Å². The highest BCUT2D eigenvalue weighted by Crippen LogP contribution is 2.37. The van der Waals surface area contributed by atoms with Gasteiger partial charge in [0.25, 0.3) is 5.91 Å². The smallest absolute Gasteiger partial charge is 0.507 e. The molecule has 1 aliphatic rings. The van der Waals surface area contributed by atoms with E-state index in [1.165, 1.54) is 31.3 Å². The number of aromatic hydroxyl groups is 1. The minimum atomic E-state index is -5.10. The maximum Gasteiger partial charge on any atom is 0.573 e. The van der Waals surface area contributed by atoms with Gasteiger partial charge in [0.1, 0.15) is 22.1 Å². The van der Waals surface area contributed by atoms with Crippen LogP contribution in [0, 0.1) is 0 Å². The van der Waals surface area contributed by atoms with Gasteiger partial charge in [-0.2, -0.15) is 0 Å². The van der Waals surface area contributed by atoms with E-state index >= 15 is 0 Å². The highest BCUT2D eigenvalue weighted by atomic mass is 79.9. The van der Waals surface area contributed by atoms with E-state index in [1.807, 2.05) is 0 Å². The number of hydrogen-bond acceptors (Lipinski definition) is 7. The predicted octanol–water partition coefficient (Wildman–Crippen LogP) is 4.29.